The summed E-state index contributed by atoms with van der Waals surface area (Å²) in [5.74, 6) is -0.0918. The molecule has 0 spiro atoms. The average molecular weight is 280 g/mol. The zero-order chi connectivity index (χ0) is 15.0. The predicted octanol–water partition coefficient (Wildman–Crippen LogP) is 0.774. The minimum Gasteiger partial charge on any atom is -0.384 e. The summed E-state index contributed by atoms with van der Waals surface area (Å²) < 4.78 is 5.03. The first-order valence-corrected chi connectivity index (χ1v) is 6.63. The van der Waals surface area contributed by atoms with Crippen LogP contribution in [-0.2, 0) is 4.74 Å². The molecule has 0 saturated heterocycles. The smallest absolute Gasteiger partial charge is 0.272 e. The number of carbonyl (C=O) groups excluding carboxylic acids is 1. The molecule has 1 N–H and O–H groups in total. The van der Waals surface area contributed by atoms with E-state index in [2.05, 4.69) is 15.2 Å². The zero-order valence-electron chi connectivity index (χ0n) is 12.7. The van der Waals surface area contributed by atoms with Gasteiger partial charge < -0.3 is 19.9 Å². The zero-order valence-corrected chi connectivity index (χ0v) is 12.7. The Balaban J connectivity index is 2.45. The summed E-state index contributed by atoms with van der Waals surface area (Å²) in [6.45, 7) is 3.34. The number of aromatic nitrogens is 1. The molecule has 0 bridgehead atoms. The van der Waals surface area contributed by atoms with E-state index >= 15 is 0 Å². The van der Waals surface area contributed by atoms with Gasteiger partial charge >= 0.3 is 0 Å². The van der Waals surface area contributed by atoms with Gasteiger partial charge in [-0.2, -0.15) is 0 Å². The fraction of sp³-hybridized carbons (Fsp3) is 0.571. The van der Waals surface area contributed by atoms with Gasteiger partial charge in [-0.3, -0.25) is 9.78 Å². The highest BCUT2D eigenvalue weighted by molar-refractivity contribution is 5.92. The van der Waals surface area contributed by atoms with Gasteiger partial charge in [0.05, 0.1) is 6.61 Å². The average Bonchev–Trinajstić information content (AvgIpc) is 2.44. The molecule has 112 valence electrons. The minimum absolute atomic E-state index is 0.0918. The number of nitrogens with one attached hydrogen (secondary N) is 1. The Bertz CT molecular complexity index is 423. The Morgan fingerprint density at radius 2 is 2.10 bits per heavy atom. The lowest BCUT2D eigenvalue weighted by molar-refractivity contribution is 0.0822. The van der Waals surface area contributed by atoms with E-state index in [0.29, 0.717) is 5.69 Å². The molecule has 0 aliphatic carbocycles. The van der Waals surface area contributed by atoms with Gasteiger partial charge in [-0.05, 0) is 19.2 Å². The van der Waals surface area contributed by atoms with Crippen molar-refractivity contribution >= 4 is 11.6 Å². The Kier molecular flexibility index (Phi) is 6.97. The Labute approximate surface area is 120 Å². The van der Waals surface area contributed by atoms with Crippen LogP contribution < -0.4 is 5.32 Å². The van der Waals surface area contributed by atoms with E-state index in [1.54, 1.807) is 33.5 Å². The van der Waals surface area contributed by atoms with E-state index in [1.807, 2.05) is 13.1 Å². The summed E-state index contributed by atoms with van der Waals surface area (Å²) in [7, 11) is 7.18. The van der Waals surface area contributed by atoms with Gasteiger partial charge in [-0.1, -0.05) is 0 Å². The molecule has 6 nitrogen and oxygen atoms in total. The molecule has 20 heavy (non-hydrogen) atoms. The van der Waals surface area contributed by atoms with E-state index < -0.39 is 0 Å². The lowest BCUT2D eigenvalue weighted by atomic mass is 10.3. The number of hydrogen-bond acceptors (Lipinski definition) is 5. The van der Waals surface area contributed by atoms with E-state index in [4.69, 9.17) is 4.74 Å². The summed E-state index contributed by atoms with van der Waals surface area (Å²) >= 11 is 0. The van der Waals surface area contributed by atoms with Gasteiger partial charge in [0, 0.05) is 52.7 Å². The number of amides is 1. The molecule has 0 aromatic carbocycles. The molecule has 0 unspecified atom stereocenters. The van der Waals surface area contributed by atoms with Crippen LogP contribution in [0, 0.1) is 0 Å². The molecule has 0 fully saturated rings. The fourth-order valence-corrected chi connectivity index (χ4v) is 1.64. The summed E-state index contributed by atoms with van der Waals surface area (Å²) in [4.78, 5) is 19.6. The third-order valence-electron chi connectivity index (χ3n) is 2.89. The minimum atomic E-state index is -0.0918. The lowest BCUT2D eigenvalue weighted by Crippen LogP contribution is -2.28. The van der Waals surface area contributed by atoms with E-state index in [-0.39, 0.29) is 5.91 Å². The molecule has 0 aliphatic rings. The van der Waals surface area contributed by atoms with Crippen molar-refractivity contribution in [3.05, 3.63) is 24.0 Å². The third kappa shape index (κ3) is 5.54. The fourth-order valence-electron chi connectivity index (χ4n) is 1.64. The van der Waals surface area contributed by atoms with E-state index in [1.165, 1.54) is 4.90 Å². The van der Waals surface area contributed by atoms with Crippen molar-refractivity contribution in [2.75, 3.05) is 59.8 Å². The number of likely N-dealkylation sites (N-methyl/N-ethyl adjacent to an activating group) is 1. The first-order valence-electron chi connectivity index (χ1n) is 6.63. The molecule has 1 aromatic rings. The summed E-state index contributed by atoms with van der Waals surface area (Å²) in [5.41, 5.74) is 1.36. The van der Waals surface area contributed by atoms with Crippen molar-refractivity contribution in [3.63, 3.8) is 0 Å². The number of methoxy groups -OCH3 is 1. The highest BCUT2D eigenvalue weighted by Crippen LogP contribution is 2.08. The topological polar surface area (TPSA) is 57.7 Å². The SMILES string of the molecule is COCCN(C)CCNc1ccnc(C(=O)N(C)C)c1. The van der Waals surface area contributed by atoms with Gasteiger partial charge in [0.2, 0.25) is 0 Å². The molecular formula is C14H24N4O2. The van der Waals surface area contributed by atoms with Crippen LogP contribution in [0.25, 0.3) is 0 Å². The molecule has 1 amide bonds. The molecule has 0 atom stereocenters. The Morgan fingerprint density at radius 3 is 2.75 bits per heavy atom. The number of pyridine rings is 1. The molecule has 1 aromatic heterocycles. The maximum Gasteiger partial charge on any atom is 0.272 e. The third-order valence-corrected chi connectivity index (χ3v) is 2.89. The first kappa shape index (κ1) is 16.4. The number of carbonyl (C=O) groups is 1. The lowest BCUT2D eigenvalue weighted by Gasteiger charge is -2.17. The molecular weight excluding hydrogens is 256 g/mol. The first-order chi connectivity index (χ1) is 9.54. The molecule has 0 radical (unpaired) electrons. The van der Waals surface area contributed by atoms with Crippen LogP contribution in [0.2, 0.25) is 0 Å². The van der Waals surface area contributed by atoms with Crippen LogP contribution in [0.15, 0.2) is 18.3 Å². The van der Waals surface area contributed by atoms with E-state index in [9.17, 15) is 4.79 Å². The Hall–Kier alpha value is -1.66. The van der Waals surface area contributed by atoms with Crippen LogP contribution in [0.3, 0.4) is 0 Å². The maximum absolute atomic E-state index is 11.8. The van der Waals surface area contributed by atoms with Crippen LogP contribution in [0.1, 0.15) is 10.5 Å². The molecule has 0 aliphatic heterocycles. The van der Waals surface area contributed by atoms with Crippen molar-refractivity contribution in [1.29, 1.82) is 0 Å². The largest absolute Gasteiger partial charge is 0.384 e. The second-order valence-electron chi connectivity index (χ2n) is 4.85. The Morgan fingerprint density at radius 1 is 1.35 bits per heavy atom. The number of hydrogen-bond donors (Lipinski definition) is 1. The normalized spacial score (nSPS) is 10.7. The van der Waals surface area contributed by atoms with Gasteiger partial charge in [0.25, 0.3) is 5.91 Å². The number of nitrogens with zero attached hydrogens (tertiary/aromatic N) is 3. The number of anilines is 1. The second-order valence-corrected chi connectivity index (χ2v) is 4.85. The van der Waals surface area contributed by atoms with Crippen LogP contribution >= 0.6 is 0 Å². The monoisotopic (exact) mass is 280 g/mol. The van der Waals surface area contributed by atoms with Crippen molar-refractivity contribution in [1.82, 2.24) is 14.8 Å². The summed E-state index contributed by atoms with van der Waals surface area (Å²) in [5, 5.41) is 3.29. The highest BCUT2D eigenvalue weighted by Gasteiger charge is 2.09. The predicted molar refractivity (Wildman–Crippen MR) is 80.1 cm³/mol. The van der Waals surface area contributed by atoms with Gasteiger partial charge in [0.1, 0.15) is 5.69 Å². The molecule has 6 heteroatoms. The quantitative estimate of drug-likeness (QED) is 0.762. The van der Waals surface area contributed by atoms with Gasteiger partial charge in [-0.25, -0.2) is 0 Å². The van der Waals surface area contributed by atoms with Gasteiger partial charge in [-0.15, -0.1) is 0 Å². The van der Waals surface area contributed by atoms with Gasteiger partial charge in [0.15, 0.2) is 0 Å². The van der Waals surface area contributed by atoms with Crippen molar-refractivity contribution in [2.24, 2.45) is 0 Å². The van der Waals surface area contributed by atoms with Crippen molar-refractivity contribution in [2.45, 2.75) is 0 Å². The van der Waals surface area contributed by atoms with Crippen LogP contribution in [-0.4, -0.2) is 75.2 Å². The second kappa shape index (κ2) is 8.50. The molecule has 1 rings (SSSR count). The highest BCUT2D eigenvalue weighted by atomic mass is 16.5. The summed E-state index contributed by atoms with van der Waals surface area (Å²) in [6.07, 6.45) is 1.65. The van der Waals surface area contributed by atoms with E-state index in [0.717, 1.165) is 31.9 Å². The van der Waals surface area contributed by atoms with Crippen molar-refractivity contribution in [3.8, 4) is 0 Å². The van der Waals surface area contributed by atoms with Crippen LogP contribution in [0.4, 0.5) is 5.69 Å². The summed E-state index contributed by atoms with van der Waals surface area (Å²) in [6, 6.07) is 3.64. The van der Waals surface area contributed by atoms with Crippen molar-refractivity contribution < 1.29 is 9.53 Å². The molecule has 1 heterocycles. The maximum atomic E-state index is 11.8. The number of ether oxygens (including phenoxy) is 1. The number of rotatable bonds is 8. The standard InChI is InChI=1S/C14H24N4O2/c1-17(2)14(19)13-11-12(5-6-16-13)15-7-8-18(3)9-10-20-4/h5-6,11H,7-10H2,1-4H3,(H,15,16). The molecule has 0 saturated carbocycles. The van der Waals surface area contributed by atoms with Crippen LogP contribution in [0.5, 0.6) is 0 Å².